The third-order valence-corrected chi connectivity index (χ3v) is 4.83. The number of amides is 1. The van der Waals surface area contributed by atoms with E-state index >= 15 is 0 Å². The highest BCUT2D eigenvalue weighted by Crippen LogP contribution is 2.28. The molecule has 0 aliphatic carbocycles. The summed E-state index contributed by atoms with van der Waals surface area (Å²) in [7, 11) is 0. The summed E-state index contributed by atoms with van der Waals surface area (Å²) in [6.45, 7) is 13.3. The number of ether oxygens (including phenoxy) is 1. The largest absolute Gasteiger partial charge is 0.492 e. The maximum atomic E-state index is 12.3. The molecule has 5 nitrogen and oxygen atoms in total. The Balaban J connectivity index is 1.77. The van der Waals surface area contributed by atoms with Gasteiger partial charge in [-0.1, -0.05) is 26.0 Å². The maximum Gasteiger partial charge on any atom is 0.234 e. The van der Waals surface area contributed by atoms with Crippen molar-refractivity contribution in [3.8, 4) is 5.75 Å². The van der Waals surface area contributed by atoms with Gasteiger partial charge >= 0.3 is 0 Å². The first-order valence-electron chi connectivity index (χ1n) is 9.98. The molecule has 2 rings (SSSR count). The van der Waals surface area contributed by atoms with Crippen molar-refractivity contribution in [1.82, 2.24) is 10.2 Å². The molecule has 1 aromatic carbocycles. The molecule has 1 atom stereocenters. The van der Waals surface area contributed by atoms with Gasteiger partial charge in [0.05, 0.1) is 18.8 Å². The van der Waals surface area contributed by atoms with Crippen molar-refractivity contribution >= 4 is 11.6 Å². The fraction of sp³-hybridized carbons (Fsp3) is 0.667. The van der Waals surface area contributed by atoms with E-state index < -0.39 is 0 Å². The van der Waals surface area contributed by atoms with E-state index in [1.807, 2.05) is 19.1 Å². The number of nitrogens with zero attached hydrogens (tertiary/aromatic N) is 2. The average Bonchev–Trinajstić information content (AvgIpc) is 2.61. The first-order valence-corrected chi connectivity index (χ1v) is 9.98. The number of benzene rings is 1. The number of para-hydroxylation sites is 2. The van der Waals surface area contributed by atoms with Gasteiger partial charge in [0.25, 0.3) is 0 Å². The van der Waals surface area contributed by atoms with Crippen LogP contribution in [0.15, 0.2) is 24.3 Å². The first-order chi connectivity index (χ1) is 12.5. The SMILES string of the molecule is CCOc1ccccc1N1CCN(CC(=O)N[C@H](C)CCC(C)C)CC1. The van der Waals surface area contributed by atoms with Crippen molar-refractivity contribution in [2.24, 2.45) is 5.92 Å². The molecular formula is C21H35N3O2. The number of carbonyl (C=O) groups is 1. The normalized spacial score (nSPS) is 16.6. The molecule has 1 aliphatic heterocycles. The van der Waals surface area contributed by atoms with Gasteiger partial charge in [0.1, 0.15) is 5.75 Å². The molecular weight excluding hydrogens is 326 g/mol. The number of hydrogen-bond donors (Lipinski definition) is 1. The molecule has 1 saturated heterocycles. The first kappa shape index (κ1) is 20.6. The highest BCUT2D eigenvalue weighted by molar-refractivity contribution is 5.78. The van der Waals surface area contributed by atoms with Crippen LogP contribution in [0.5, 0.6) is 5.75 Å². The number of rotatable bonds is 9. The summed E-state index contributed by atoms with van der Waals surface area (Å²) in [6.07, 6.45) is 2.20. The second-order valence-corrected chi connectivity index (χ2v) is 7.60. The van der Waals surface area contributed by atoms with Gasteiger partial charge in [-0.2, -0.15) is 0 Å². The molecule has 26 heavy (non-hydrogen) atoms. The Hall–Kier alpha value is -1.75. The van der Waals surface area contributed by atoms with Crippen LogP contribution in [0.25, 0.3) is 0 Å². The lowest BCUT2D eigenvalue weighted by Crippen LogP contribution is -2.50. The molecule has 1 aliphatic rings. The smallest absolute Gasteiger partial charge is 0.234 e. The van der Waals surface area contributed by atoms with Gasteiger partial charge in [0.15, 0.2) is 0 Å². The van der Waals surface area contributed by atoms with Crippen molar-refractivity contribution in [2.45, 2.75) is 46.6 Å². The second-order valence-electron chi connectivity index (χ2n) is 7.60. The lowest BCUT2D eigenvalue weighted by atomic mass is 10.0. The molecule has 0 bridgehead atoms. The minimum atomic E-state index is 0.143. The zero-order valence-corrected chi connectivity index (χ0v) is 16.8. The zero-order valence-electron chi connectivity index (χ0n) is 16.8. The summed E-state index contributed by atoms with van der Waals surface area (Å²) >= 11 is 0. The molecule has 1 heterocycles. The molecule has 1 amide bonds. The molecule has 5 heteroatoms. The van der Waals surface area contributed by atoms with Crippen LogP contribution in [0.3, 0.4) is 0 Å². The summed E-state index contributed by atoms with van der Waals surface area (Å²) in [6, 6.07) is 8.46. The van der Waals surface area contributed by atoms with E-state index in [4.69, 9.17) is 4.74 Å². The summed E-state index contributed by atoms with van der Waals surface area (Å²) < 4.78 is 5.75. The molecule has 0 spiro atoms. The third kappa shape index (κ3) is 6.52. The van der Waals surface area contributed by atoms with E-state index in [2.05, 4.69) is 48.0 Å². The number of anilines is 1. The van der Waals surface area contributed by atoms with Gasteiger partial charge in [0.2, 0.25) is 5.91 Å². The highest BCUT2D eigenvalue weighted by Gasteiger charge is 2.21. The number of nitrogens with one attached hydrogen (secondary N) is 1. The Kier molecular flexibility index (Phi) is 8.23. The van der Waals surface area contributed by atoms with E-state index in [0.29, 0.717) is 19.1 Å². The fourth-order valence-corrected chi connectivity index (χ4v) is 3.32. The van der Waals surface area contributed by atoms with Gasteiger partial charge in [-0.25, -0.2) is 0 Å². The molecule has 1 fully saturated rings. The standard InChI is InChI=1S/C21H35N3O2/c1-5-26-20-9-7-6-8-19(20)24-14-12-23(13-15-24)16-21(25)22-18(4)11-10-17(2)3/h6-9,17-18H,5,10-16H2,1-4H3,(H,22,25)/t18-/m1/s1. The van der Waals surface area contributed by atoms with E-state index in [-0.39, 0.29) is 11.9 Å². The maximum absolute atomic E-state index is 12.3. The van der Waals surface area contributed by atoms with Crippen LogP contribution in [-0.4, -0.2) is 56.2 Å². The Morgan fingerprint density at radius 2 is 1.81 bits per heavy atom. The summed E-state index contributed by atoms with van der Waals surface area (Å²) in [4.78, 5) is 16.9. The molecule has 0 aromatic heterocycles. The van der Waals surface area contributed by atoms with Gasteiger partial charge in [-0.05, 0) is 44.7 Å². The van der Waals surface area contributed by atoms with Crippen LogP contribution < -0.4 is 15.0 Å². The molecule has 146 valence electrons. The zero-order chi connectivity index (χ0) is 18.9. The van der Waals surface area contributed by atoms with Gasteiger partial charge in [0, 0.05) is 32.2 Å². The molecule has 0 unspecified atom stereocenters. The van der Waals surface area contributed by atoms with Crippen LogP contribution in [0.1, 0.15) is 40.5 Å². The number of piperazine rings is 1. The molecule has 0 saturated carbocycles. The van der Waals surface area contributed by atoms with Crippen molar-refractivity contribution < 1.29 is 9.53 Å². The average molecular weight is 362 g/mol. The number of carbonyl (C=O) groups excluding carboxylic acids is 1. The van der Waals surface area contributed by atoms with Crippen molar-refractivity contribution in [2.75, 3.05) is 44.2 Å². The van der Waals surface area contributed by atoms with Gasteiger partial charge in [-0.15, -0.1) is 0 Å². The summed E-state index contributed by atoms with van der Waals surface area (Å²) in [5.74, 6) is 1.77. The minimum absolute atomic E-state index is 0.143. The van der Waals surface area contributed by atoms with E-state index in [9.17, 15) is 4.79 Å². The summed E-state index contributed by atoms with van der Waals surface area (Å²) in [5.41, 5.74) is 1.15. The van der Waals surface area contributed by atoms with Crippen molar-refractivity contribution in [3.63, 3.8) is 0 Å². The highest BCUT2D eigenvalue weighted by atomic mass is 16.5. The predicted octanol–water partition coefficient (Wildman–Crippen LogP) is 3.15. The fourth-order valence-electron chi connectivity index (χ4n) is 3.32. The number of hydrogen-bond acceptors (Lipinski definition) is 4. The molecule has 0 radical (unpaired) electrons. The molecule has 1 N–H and O–H groups in total. The Morgan fingerprint density at radius 1 is 1.12 bits per heavy atom. The van der Waals surface area contributed by atoms with Gasteiger partial charge in [-0.3, -0.25) is 9.69 Å². The van der Waals surface area contributed by atoms with Crippen LogP contribution in [-0.2, 0) is 4.79 Å². The van der Waals surface area contributed by atoms with Gasteiger partial charge < -0.3 is 15.0 Å². The lowest BCUT2D eigenvalue weighted by Gasteiger charge is -2.36. The van der Waals surface area contributed by atoms with E-state index in [1.165, 1.54) is 0 Å². The molecule has 1 aromatic rings. The monoisotopic (exact) mass is 361 g/mol. The predicted molar refractivity (Wildman–Crippen MR) is 108 cm³/mol. The van der Waals surface area contributed by atoms with Crippen molar-refractivity contribution in [3.05, 3.63) is 24.3 Å². The van der Waals surface area contributed by atoms with E-state index in [1.54, 1.807) is 0 Å². The van der Waals surface area contributed by atoms with E-state index in [0.717, 1.165) is 50.5 Å². The Bertz CT molecular complexity index is 554. The van der Waals surface area contributed by atoms with Crippen LogP contribution >= 0.6 is 0 Å². The minimum Gasteiger partial charge on any atom is -0.492 e. The topological polar surface area (TPSA) is 44.8 Å². The third-order valence-electron chi connectivity index (χ3n) is 4.83. The van der Waals surface area contributed by atoms with Crippen LogP contribution in [0, 0.1) is 5.92 Å². The second kappa shape index (κ2) is 10.4. The summed E-state index contributed by atoms with van der Waals surface area (Å²) in [5, 5.41) is 3.14. The Labute approximate surface area is 158 Å². The van der Waals surface area contributed by atoms with Crippen LogP contribution in [0.2, 0.25) is 0 Å². The quantitative estimate of drug-likeness (QED) is 0.734. The van der Waals surface area contributed by atoms with Crippen molar-refractivity contribution in [1.29, 1.82) is 0 Å². The Morgan fingerprint density at radius 3 is 2.46 bits per heavy atom. The van der Waals surface area contributed by atoms with Crippen LogP contribution in [0.4, 0.5) is 5.69 Å². The lowest BCUT2D eigenvalue weighted by molar-refractivity contribution is -0.123.